The number of hydrogen-bond acceptors (Lipinski definition) is 2. The zero-order chi connectivity index (χ0) is 12.9. The zero-order valence-electron chi connectivity index (χ0n) is 9.95. The van der Waals surface area contributed by atoms with Crippen LogP contribution in [0.15, 0.2) is 22.7 Å². The molecule has 3 rings (SSSR count). The zero-order valence-corrected chi connectivity index (χ0v) is 12.3. The van der Waals surface area contributed by atoms with Gasteiger partial charge in [-0.25, -0.2) is 4.68 Å². The number of nitrogen functional groups attached to an aromatic ring is 1. The summed E-state index contributed by atoms with van der Waals surface area (Å²) in [5.74, 6) is 0.695. The van der Waals surface area contributed by atoms with E-state index in [0.717, 1.165) is 28.0 Å². The Hall–Kier alpha value is -1.00. The molecule has 1 aliphatic rings. The summed E-state index contributed by atoms with van der Waals surface area (Å²) in [4.78, 5) is 0. The van der Waals surface area contributed by atoms with Gasteiger partial charge in [0.25, 0.3) is 0 Å². The van der Waals surface area contributed by atoms with E-state index in [4.69, 9.17) is 17.3 Å². The highest BCUT2D eigenvalue weighted by atomic mass is 79.9. The number of nitrogens with two attached hydrogens (primary N) is 1. The maximum absolute atomic E-state index is 6.10. The minimum atomic E-state index is 0.224. The number of halogens is 2. The van der Waals surface area contributed by atoms with Gasteiger partial charge in [-0.15, -0.1) is 0 Å². The minimum absolute atomic E-state index is 0.224. The number of anilines is 1. The van der Waals surface area contributed by atoms with Crippen LogP contribution in [0.4, 0.5) is 5.82 Å². The number of rotatable bonds is 1. The molecule has 0 fully saturated rings. The molecule has 0 radical (unpaired) electrons. The third kappa shape index (κ3) is 1.75. The fourth-order valence-corrected chi connectivity index (χ4v) is 3.06. The second-order valence-electron chi connectivity index (χ2n) is 4.63. The van der Waals surface area contributed by atoms with Gasteiger partial charge in [-0.3, -0.25) is 0 Å². The van der Waals surface area contributed by atoms with Crippen LogP contribution in [-0.2, 0) is 6.42 Å². The van der Waals surface area contributed by atoms with E-state index in [1.807, 2.05) is 23.7 Å². The Labute approximate surface area is 119 Å². The first-order valence-electron chi connectivity index (χ1n) is 5.86. The molecule has 0 bridgehead atoms. The van der Waals surface area contributed by atoms with Crippen LogP contribution < -0.4 is 5.73 Å². The van der Waals surface area contributed by atoms with Crippen molar-refractivity contribution >= 4 is 33.3 Å². The summed E-state index contributed by atoms with van der Waals surface area (Å²) in [6.07, 6.45) is 2.05. The summed E-state index contributed by atoms with van der Waals surface area (Å²) in [5.41, 5.74) is 9.60. The lowest BCUT2D eigenvalue weighted by Crippen LogP contribution is -2.12. The Morgan fingerprint density at radius 3 is 2.94 bits per heavy atom. The quantitative estimate of drug-likeness (QED) is 0.868. The number of nitrogens with zero attached hydrogens (tertiary/aromatic N) is 2. The molecule has 18 heavy (non-hydrogen) atoms. The van der Waals surface area contributed by atoms with Crippen LogP contribution in [0.2, 0.25) is 5.02 Å². The minimum Gasteiger partial charge on any atom is -0.383 e. The van der Waals surface area contributed by atoms with Gasteiger partial charge in [0.05, 0.1) is 16.2 Å². The van der Waals surface area contributed by atoms with E-state index in [0.29, 0.717) is 5.82 Å². The van der Waals surface area contributed by atoms with Crippen LogP contribution in [0.1, 0.15) is 29.3 Å². The standard InChI is InChI=1S/C13H13BrClN3/c1-7-12(14)13(16)18(17-7)11-5-2-8-6-9(15)3-4-10(8)11/h3-4,6,11H,2,5,16H2,1H3. The first kappa shape index (κ1) is 12.1. The van der Waals surface area contributed by atoms with Crippen molar-refractivity contribution in [1.82, 2.24) is 9.78 Å². The monoisotopic (exact) mass is 325 g/mol. The second kappa shape index (κ2) is 4.28. The molecule has 1 aliphatic carbocycles. The highest BCUT2D eigenvalue weighted by Gasteiger charge is 2.27. The molecule has 0 amide bonds. The van der Waals surface area contributed by atoms with Gasteiger partial charge in [-0.05, 0) is 59.0 Å². The van der Waals surface area contributed by atoms with Crippen molar-refractivity contribution in [3.8, 4) is 0 Å². The van der Waals surface area contributed by atoms with Gasteiger partial charge >= 0.3 is 0 Å². The van der Waals surface area contributed by atoms with Crippen molar-refractivity contribution in [3.05, 3.63) is 44.5 Å². The lowest BCUT2D eigenvalue weighted by molar-refractivity contribution is 0.524. The maximum Gasteiger partial charge on any atom is 0.137 e. The summed E-state index contributed by atoms with van der Waals surface area (Å²) in [7, 11) is 0. The first-order valence-corrected chi connectivity index (χ1v) is 7.03. The average Bonchev–Trinajstić information content (AvgIpc) is 2.85. The third-order valence-electron chi connectivity index (χ3n) is 3.49. The number of fused-ring (bicyclic) bond motifs is 1. The average molecular weight is 327 g/mol. The lowest BCUT2D eigenvalue weighted by atomic mass is 10.1. The second-order valence-corrected chi connectivity index (χ2v) is 5.86. The Bertz CT molecular complexity index is 621. The van der Waals surface area contributed by atoms with Gasteiger partial charge in [-0.1, -0.05) is 17.7 Å². The number of hydrogen-bond donors (Lipinski definition) is 1. The topological polar surface area (TPSA) is 43.8 Å². The lowest BCUT2D eigenvalue weighted by Gasteiger charge is -2.14. The Morgan fingerprint density at radius 2 is 2.28 bits per heavy atom. The number of aromatic nitrogens is 2. The summed E-state index contributed by atoms with van der Waals surface area (Å²) in [6.45, 7) is 1.95. The molecular formula is C13H13BrClN3. The Balaban J connectivity index is 2.09. The molecule has 94 valence electrons. The van der Waals surface area contributed by atoms with Gasteiger partial charge in [-0.2, -0.15) is 5.10 Å². The summed E-state index contributed by atoms with van der Waals surface area (Å²) in [5, 5.41) is 5.32. The molecule has 1 heterocycles. The molecule has 0 aliphatic heterocycles. The third-order valence-corrected chi connectivity index (χ3v) is 4.71. The van der Waals surface area contributed by atoms with Crippen molar-refractivity contribution in [1.29, 1.82) is 0 Å². The smallest absolute Gasteiger partial charge is 0.137 e. The van der Waals surface area contributed by atoms with Gasteiger partial charge in [0.1, 0.15) is 5.82 Å². The van der Waals surface area contributed by atoms with E-state index in [9.17, 15) is 0 Å². The largest absolute Gasteiger partial charge is 0.383 e. The van der Waals surface area contributed by atoms with Crippen LogP contribution in [0.3, 0.4) is 0 Å². The molecular weight excluding hydrogens is 314 g/mol. The molecule has 1 aromatic heterocycles. The molecule has 1 aromatic carbocycles. The fourth-order valence-electron chi connectivity index (χ4n) is 2.60. The van der Waals surface area contributed by atoms with E-state index < -0.39 is 0 Å². The Kier molecular flexibility index (Phi) is 2.87. The molecule has 1 atom stereocenters. The van der Waals surface area contributed by atoms with Crippen LogP contribution in [0.5, 0.6) is 0 Å². The van der Waals surface area contributed by atoms with Crippen molar-refractivity contribution < 1.29 is 0 Å². The van der Waals surface area contributed by atoms with Gasteiger partial charge in [0.15, 0.2) is 0 Å². The predicted octanol–water partition coefficient (Wildman–Crippen LogP) is 3.73. The van der Waals surface area contributed by atoms with Gasteiger partial charge < -0.3 is 5.73 Å². The highest BCUT2D eigenvalue weighted by molar-refractivity contribution is 9.10. The van der Waals surface area contributed by atoms with Crippen LogP contribution in [-0.4, -0.2) is 9.78 Å². The molecule has 3 nitrogen and oxygen atoms in total. The van der Waals surface area contributed by atoms with E-state index in [1.54, 1.807) is 0 Å². The van der Waals surface area contributed by atoms with Crippen LogP contribution in [0.25, 0.3) is 0 Å². The molecule has 0 saturated carbocycles. The van der Waals surface area contributed by atoms with Crippen LogP contribution >= 0.6 is 27.5 Å². The van der Waals surface area contributed by atoms with Gasteiger partial charge in [0.2, 0.25) is 0 Å². The molecule has 0 spiro atoms. The SMILES string of the molecule is Cc1nn(C2CCc3cc(Cl)ccc32)c(N)c1Br. The number of aryl methyl sites for hydroxylation is 2. The fraction of sp³-hybridized carbons (Fsp3) is 0.308. The van der Waals surface area contributed by atoms with Crippen molar-refractivity contribution in [2.24, 2.45) is 0 Å². The summed E-state index contributed by atoms with van der Waals surface area (Å²) >= 11 is 9.49. The van der Waals surface area contributed by atoms with E-state index in [1.165, 1.54) is 11.1 Å². The molecule has 2 aromatic rings. The van der Waals surface area contributed by atoms with Gasteiger partial charge in [0, 0.05) is 5.02 Å². The van der Waals surface area contributed by atoms with Crippen LogP contribution in [0, 0.1) is 6.92 Å². The predicted molar refractivity (Wildman–Crippen MR) is 77.0 cm³/mol. The van der Waals surface area contributed by atoms with E-state index in [2.05, 4.69) is 27.1 Å². The summed E-state index contributed by atoms with van der Waals surface area (Å²) in [6, 6.07) is 6.28. The normalized spacial score (nSPS) is 18.1. The number of benzene rings is 1. The maximum atomic E-state index is 6.10. The molecule has 5 heteroatoms. The highest BCUT2D eigenvalue weighted by Crippen LogP contribution is 2.38. The van der Waals surface area contributed by atoms with Crippen molar-refractivity contribution in [3.63, 3.8) is 0 Å². The Morgan fingerprint density at radius 1 is 1.50 bits per heavy atom. The molecule has 1 unspecified atom stereocenters. The van der Waals surface area contributed by atoms with E-state index in [-0.39, 0.29) is 6.04 Å². The molecule has 0 saturated heterocycles. The van der Waals surface area contributed by atoms with Crippen molar-refractivity contribution in [2.75, 3.05) is 5.73 Å². The van der Waals surface area contributed by atoms with E-state index >= 15 is 0 Å². The first-order chi connectivity index (χ1) is 8.58. The summed E-state index contributed by atoms with van der Waals surface area (Å²) < 4.78 is 2.81. The van der Waals surface area contributed by atoms with Crippen molar-refractivity contribution in [2.45, 2.75) is 25.8 Å². The molecule has 2 N–H and O–H groups in total.